The molecule has 3 amide bonds. The average molecular weight is 439 g/mol. The highest BCUT2D eigenvalue weighted by Gasteiger charge is 2.36. The Bertz CT molecular complexity index is 1110. The number of anilines is 2. The lowest BCUT2D eigenvalue weighted by molar-refractivity contribution is 0.0925. The minimum absolute atomic E-state index is 0.125. The summed E-state index contributed by atoms with van der Waals surface area (Å²) in [5, 5.41) is 2.59. The predicted molar refractivity (Wildman–Crippen MR) is 106 cm³/mol. The Morgan fingerprint density at radius 2 is 1.57 bits per heavy atom. The molecule has 0 unspecified atom stereocenters. The fourth-order valence-electron chi connectivity index (χ4n) is 3.02. The first-order valence-corrected chi connectivity index (χ1v) is 9.09. The second kappa shape index (κ2) is 7.01. The largest absolute Gasteiger partial charge is 0.322 e. The van der Waals surface area contributed by atoms with Gasteiger partial charge in [-0.05, 0) is 48.5 Å². The summed E-state index contributed by atoms with van der Waals surface area (Å²) >= 11 is 3.21. The van der Waals surface area contributed by atoms with Gasteiger partial charge in [-0.25, -0.2) is 9.29 Å². The van der Waals surface area contributed by atoms with Gasteiger partial charge in [-0.1, -0.05) is 34.1 Å². The van der Waals surface area contributed by atoms with E-state index in [1.54, 1.807) is 42.5 Å². The minimum Gasteiger partial charge on any atom is -0.322 e. The van der Waals surface area contributed by atoms with Gasteiger partial charge in [-0.15, -0.1) is 0 Å². The number of hydrogen-bond acceptors (Lipinski definition) is 3. The molecule has 0 spiro atoms. The summed E-state index contributed by atoms with van der Waals surface area (Å²) in [6.07, 6.45) is 0. The van der Waals surface area contributed by atoms with Gasteiger partial charge in [0.1, 0.15) is 5.82 Å². The standard InChI is InChI=1S/C21H12BrFN2O3/c22-12-8-9-18(23)17(10-12)19(26)24-13-4-3-5-14(11-13)25-20(27)15-6-1-2-7-16(15)21(25)28/h1-11H,(H,24,26). The summed E-state index contributed by atoms with van der Waals surface area (Å²) in [4.78, 5) is 38.7. The molecule has 0 fully saturated rings. The average Bonchev–Trinajstić information content (AvgIpc) is 2.95. The summed E-state index contributed by atoms with van der Waals surface area (Å²) in [6.45, 7) is 0. The van der Waals surface area contributed by atoms with Gasteiger partial charge in [0.15, 0.2) is 0 Å². The zero-order chi connectivity index (χ0) is 19.8. The number of halogens is 2. The van der Waals surface area contributed by atoms with Gasteiger partial charge in [0, 0.05) is 10.2 Å². The first-order valence-electron chi connectivity index (χ1n) is 8.30. The molecule has 0 saturated carbocycles. The number of amides is 3. The van der Waals surface area contributed by atoms with E-state index in [1.807, 2.05) is 0 Å². The second-order valence-electron chi connectivity index (χ2n) is 6.12. The van der Waals surface area contributed by atoms with Crippen molar-refractivity contribution in [2.24, 2.45) is 0 Å². The molecule has 138 valence electrons. The van der Waals surface area contributed by atoms with Crippen LogP contribution in [0.5, 0.6) is 0 Å². The Labute approximate surface area is 167 Å². The second-order valence-corrected chi connectivity index (χ2v) is 7.04. The van der Waals surface area contributed by atoms with Gasteiger partial charge in [0.25, 0.3) is 17.7 Å². The molecule has 1 aliphatic heterocycles. The molecule has 5 nitrogen and oxygen atoms in total. The number of benzene rings is 3. The van der Waals surface area contributed by atoms with Crippen LogP contribution < -0.4 is 10.2 Å². The number of carbonyl (C=O) groups is 3. The topological polar surface area (TPSA) is 66.5 Å². The van der Waals surface area contributed by atoms with Crippen molar-refractivity contribution in [2.45, 2.75) is 0 Å². The van der Waals surface area contributed by atoms with Crippen LogP contribution in [0, 0.1) is 5.82 Å². The number of fused-ring (bicyclic) bond motifs is 1. The number of rotatable bonds is 3. The third-order valence-corrected chi connectivity index (χ3v) is 4.82. The Balaban J connectivity index is 1.63. The van der Waals surface area contributed by atoms with Gasteiger partial charge in [0.2, 0.25) is 0 Å². The van der Waals surface area contributed by atoms with E-state index in [1.165, 1.54) is 24.3 Å². The highest BCUT2D eigenvalue weighted by molar-refractivity contribution is 9.10. The molecule has 1 N–H and O–H groups in total. The number of carbonyl (C=O) groups excluding carboxylic acids is 3. The smallest absolute Gasteiger partial charge is 0.266 e. The molecule has 1 heterocycles. The van der Waals surface area contributed by atoms with Gasteiger partial charge in [0.05, 0.1) is 22.4 Å². The van der Waals surface area contributed by atoms with E-state index in [2.05, 4.69) is 21.2 Å². The number of imide groups is 1. The SMILES string of the molecule is O=C(Nc1cccc(N2C(=O)c3ccccc3C2=O)c1)c1cc(Br)ccc1F. The van der Waals surface area contributed by atoms with E-state index in [0.717, 1.165) is 4.90 Å². The molecular formula is C21H12BrFN2O3. The molecule has 0 aliphatic carbocycles. The van der Waals surface area contributed by atoms with Gasteiger partial charge >= 0.3 is 0 Å². The van der Waals surface area contributed by atoms with E-state index in [-0.39, 0.29) is 5.56 Å². The zero-order valence-corrected chi connectivity index (χ0v) is 15.9. The molecule has 3 aromatic rings. The fraction of sp³-hybridized carbons (Fsp3) is 0. The Hall–Kier alpha value is -3.32. The van der Waals surface area contributed by atoms with E-state index in [4.69, 9.17) is 0 Å². The van der Waals surface area contributed by atoms with Crippen molar-refractivity contribution in [3.63, 3.8) is 0 Å². The predicted octanol–water partition coefficient (Wildman–Crippen LogP) is 4.64. The lowest BCUT2D eigenvalue weighted by atomic mass is 10.1. The third kappa shape index (κ3) is 3.10. The van der Waals surface area contributed by atoms with Crippen molar-refractivity contribution in [3.8, 4) is 0 Å². The maximum absolute atomic E-state index is 13.9. The minimum atomic E-state index is -0.655. The summed E-state index contributed by atoms with van der Waals surface area (Å²) < 4.78 is 14.5. The van der Waals surface area contributed by atoms with Crippen LogP contribution in [-0.2, 0) is 0 Å². The van der Waals surface area contributed by atoms with E-state index in [9.17, 15) is 18.8 Å². The molecule has 1 aliphatic rings. The van der Waals surface area contributed by atoms with E-state index < -0.39 is 23.5 Å². The van der Waals surface area contributed by atoms with Gasteiger partial charge in [-0.2, -0.15) is 0 Å². The Morgan fingerprint density at radius 3 is 2.25 bits per heavy atom. The first-order chi connectivity index (χ1) is 13.5. The van der Waals surface area contributed by atoms with Crippen molar-refractivity contribution < 1.29 is 18.8 Å². The lowest BCUT2D eigenvalue weighted by Gasteiger charge is -2.15. The molecule has 0 radical (unpaired) electrons. The number of nitrogens with one attached hydrogen (secondary N) is 1. The summed E-state index contributed by atoms with van der Waals surface area (Å²) in [7, 11) is 0. The normalized spacial score (nSPS) is 12.9. The molecule has 3 aromatic carbocycles. The van der Waals surface area contributed by atoms with Crippen LogP contribution in [0.25, 0.3) is 0 Å². The molecule has 0 atom stereocenters. The Morgan fingerprint density at radius 1 is 0.893 bits per heavy atom. The van der Waals surface area contributed by atoms with Crippen molar-refractivity contribution in [2.75, 3.05) is 10.2 Å². The van der Waals surface area contributed by atoms with Crippen LogP contribution in [0.15, 0.2) is 71.2 Å². The zero-order valence-electron chi connectivity index (χ0n) is 14.3. The van der Waals surface area contributed by atoms with E-state index >= 15 is 0 Å². The van der Waals surface area contributed by atoms with Crippen molar-refractivity contribution in [1.82, 2.24) is 0 Å². The summed E-state index contributed by atoms with van der Waals surface area (Å²) in [5.74, 6) is -2.15. The van der Waals surface area contributed by atoms with Crippen LogP contribution in [-0.4, -0.2) is 17.7 Å². The molecule has 4 rings (SSSR count). The molecule has 0 aromatic heterocycles. The molecule has 28 heavy (non-hydrogen) atoms. The van der Waals surface area contributed by atoms with Crippen LogP contribution in [0.1, 0.15) is 31.1 Å². The first kappa shape index (κ1) is 18.1. The van der Waals surface area contributed by atoms with E-state index in [0.29, 0.717) is 27.0 Å². The number of nitrogens with zero attached hydrogens (tertiary/aromatic N) is 1. The maximum atomic E-state index is 13.9. The van der Waals surface area contributed by atoms with Crippen LogP contribution in [0.2, 0.25) is 0 Å². The Kier molecular flexibility index (Phi) is 4.52. The quantitative estimate of drug-likeness (QED) is 0.605. The maximum Gasteiger partial charge on any atom is 0.266 e. The molecular weight excluding hydrogens is 427 g/mol. The summed E-state index contributed by atoms with van der Waals surface area (Å²) in [6, 6.07) is 16.9. The highest BCUT2D eigenvalue weighted by Crippen LogP contribution is 2.30. The molecule has 0 saturated heterocycles. The van der Waals surface area contributed by atoms with Crippen molar-refractivity contribution in [3.05, 3.63) is 93.7 Å². The summed E-state index contributed by atoms with van der Waals surface area (Å²) in [5.41, 5.74) is 1.19. The van der Waals surface area contributed by atoms with Crippen LogP contribution in [0.3, 0.4) is 0 Å². The van der Waals surface area contributed by atoms with Crippen LogP contribution in [0.4, 0.5) is 15.8 Å². The molecule has 7 heteroatoms. The van der Waals surface area contributed by atoms with Crippen LogP contribution >= 0.6 is 15.9 Å². The third-order valence-electron chi connectivity index (χ3n) is 4.33. The van der Waals surface area contributed by atoms with Gasteiger partial charge in [-0.3, -0.25) is 14.4 Å². The molecule has 0 bridgehead atoms. The van der Waals surface area contributed by atoms with Crippen molar-refractivity contribution in [1.29, 1.82) is 0 Å². The number of hydrogen-bond donors (Lipinski definition) is 1. The van der Waals surface area contributed by atoms with Crippen molar-refractivity contribution >= 4 is 45.0 Å². The highest BCUT2D eigenvalue weighted by atomic mass is 79.9. The fourth-order valence-corrected chi connectivity index (χ4v) is 3.38. The van der Waals surface area contributed by atoms with Gasteiger partial charge < -0.3 is 5.32 Å². The lowest BCUT2D eigenvalue weighted by Crippen LogP contribution is -2.29. The monoisotopic (exact) mass is 438 g/mol.